The van der Waals surface area contributed by atoms with Gasteiger partial charge >= 0.3 is 6.03 Å². The number of nitrogens with one attached hydrogen (secondary N) is 2. The maximum Gasteiger partial charge on any atom is 0.315 e. The van der Waals surface area contributed by atoms with E-state index in [4.69, 9.17) is 9.47 Å². The predicted octanol–water partition coefficient (Wildman–Crippen LogP) is 1.41. The lowest BCUT2D eigenvalue weighted by Gasteiger charge is -2.14. The van der Waals surface area contributed by atoms with Gasteiger partial charge in [-0.3, -0.25) is 0 Å². The van der Waals surface area contributed by atoms with Gasteiger partial charge in [0.05, 0.1) is 6.54 Å². The van der Waals surface area contributed by atoms with Crippen molar-refractivity contribution in [3.63, 3.8) is 0 Å². The van der Waals surface area contributed by atoms with Crippen LogP contribution in [0.3, 0.4) is 0 Å². The number of amides is 2. The molecular formula is C13H20N2O3. The molecule has 5 heteroatoms. The smallest absolute Gasteiger partial charge is 0.315 e. The predicted molar refractivity (Wildman–Crippen MR) is 69.2 cm³/mol. The number of carbonyl (C=O) groups excluding carboxylic acids is 1. The molecule has 2 amide bonds. The molecule has 0 bridgehead atoms. The molecule has 5 nitrogen and oxygen atoms in total. The second-order valence-electron chi connectivity index (χ2n) is 3.95. The highest BCUT2D eigenvalue weighted by atomic mass is 16.7. The van der Waals surface area contributed by atoms with Gasteiger partial charge in [0.25, 0.3) is 0 Å². The summed E-state index contributed by atoms with van der Waals surface area (Å²) in [7, 11) is 3.06. The fourth-order valence-electron chi connectivity index (χ4n) is 1.39. The number of rotatable bonds is 6. The van der Waals surface area contributed by atoms with Crippen molar-refractivity contribution in [1.82, 2.24) is 10.6 Å². The van der Waals surface area contributed by atoms with Crippen molar-refractivity contribution in [2.45, 2.75) is 19.8 Å². The van der Waals surface area contributed by atoms with E-state index in [1.54, 1.807) is 0 Å². The van der Waals surface area contributed by atoms with E-state index in [9.17, 15) is 4.79 Å². The number of methoxy groups -OCH3 is 2. The third-order valence-electron chi connectivity index (χ3n) is 2.53. The normalized spacial score (nSPS) is 10.4. The molecule has 0 aliphatic rings. The van der Waals surface area contributed by atoms with E-state index in [1.165, 1.54) is 19.8 Å². The summed E-state index contributed by atoms with van der Waals surface area (Å²) in [6.07, 6.45) is -0.421. The van der Waals surface area contributed by atoms with Gasteiger partial charge in [-0.1, -0.05) is 29.8 Å². The summed E-state index contributed by atoms with van der Waals surface area (Å²) in [4.78, 5) is 11.5. The molecule has 2 N–H and O–H groups in total. The molecule has 0 heterocycles. The first-order chi connectivity index (χ1) is 8.65. The van der Waals surface area contributed by atoms with Gasteiger partial charge in [0, 0.05) is 20.8 Å². The molecule has 0 radical (unpaired) electrons. The van der Waals surface area contributed by atoms with Gasteiger partial charge in [0.2, 0.25) is 0 Å². The lowest BCUT2D eigenvalue weighted by molar-refractivity contribution is -0.0971. The third kappa shape index (κ3) is 5.16. The van der Waals surface area contributed by atoms with Crippen molar-refractivity contribution in [3.8, 4) is 0 Å². The monoisotopic (exact) mass is 252 g/mol. The van der Waals surface area contributed by atoms with Crippen molar-refractivity contribution in [2.75, 3.05) is 20.8 Å². The number of ether oxygens (including phenoxy) is 2. The Kier molecular flexibility index (Phi) is 6.18. The number of hydrogen-bond donors (Lipinski definition) is 2. The molecule has 0 aromatic heterocycles. The fourth-order valence-corrected chi connectivity index (χ4v) is 1.39. The molecule has 0 aliphatic carbocycles. The molecule has 0 saturated carbocycles. The Morgan fingerprint density at radius 1 is 1.17 bits per heavy atom. The van der Waals surface area contributed by atoms with Crippen LogP contribution < -0.4 is 10.6 Å². The van der Waals surface area contributed by atoms with Gasteiger partial charge < -0.3 is 20.1 Å². The number of benzene rings is 1. The average Bonchev–Trinajstić information content (AvgIpc) is 2.39. The van der Waals surface area contributed by atoms with Crippen LogP contribution in [-0.4, -0.2) is 33.1 Å². The van der Waals surface area contributed by atoms with Crippen molar-refractivity contribution >= 4 is 6.03 Å². The number of urea groups is 1. The summed E-state index contributed by atoms with van der Waals surface area (Å²) >= 11 is 0. The summed E-state index contributed by atoms with van der Waals surface area (Å²) < 4.78 is 9.92. The molecular weight excluding hydrogens is 232 g/mol. The van der Waals surface area contributed by atoms with Gasteiger partial charge in [-0.25, -0.2) is 4.79 Å². The molecule has 0 saturated heterocycles. The minimum atomic E-state index is -0.421. The van der Waals surface area contributed by atoms with E-state index in [0.717, 1.165) is 5.56 Å². The summed E-state index contributed by atoms with van der Waals surface area (Å²) in [5.74, 6) is 0. The van der Waals surface area contributed by atoms with Crippen LogP contribution in [0.15, 0.2) is 24.3 Å². The van der Waals surface area contributed by atoms with E-state index >= 15 is 0 Å². The molecule has 1 aromatic carbocycles. The summed E-state index contributed by atoms with van der Waals surface area (Å²) in [6, 6.07) is 7.77. The Morgan fingerprint density at radius 2 is 1.78 bits per heavy atom. The highest BCUT2D eigenvalue weighted by molar-refractivity contribution is 5.73. The Morgan fingerprint density at radius 3 is 2.33 bits per heavy atom. The van der Waals surface area contributed by atoms with Crippen molar-refractivity contribution in [2.24, 2.45) is 0 Å². The minimum absolute atomic E-state index is 0.241. The molecule has 0 spiro atoms. The Hall–Kier alpha value is -1.59. The van der Waals surface area contributed by atoms with Crippen LogP contribution in [0.1, 0.15) is 11.1 Å². The number of carbonyl (C=O) groups is 1. The molecule has 0 unspecified atom stereocenters. The molecule has 1 aromatic rings. The molecule has 18 heavy (non-hydrogen) atoms. The van der Waals surface area contributed by atoms with Crippen LogP contribution in [0.2, 0.25) is 0 Å². The summed E-state index contributed by atoms with van der Waals surface area (Å²) in [5.41, 5.74) is 2.26. The topological polar surface area (TPSA) is 59.6 Å². The van der Waals surface area contributed by atoms with Crippen LogP contribution in [0, 0.1) is 6.92 Å². The maximum atomic E-state index is 11.5. The molecule has 1 rings (SSSR count). The zero-order chi connectivity index (χ0) is 13.4. The van der Waals surface area contributed by atoms with E-state index in [1.807, 2.05) is 31.2 Å². The number of aryl methyl sites for hydroxylation is 1. The van der Waals surface area contributed by atoms with E-state index < -0.39 is 6.29 Å². The lowest BCUT2D eigenvalue weighted by atomic mass is 10.1. The molecule has 0 aliphatic heterocycles. The molecule has 100 valence electrons. The molecule has 0 atom stereocenters. The van der Waals surface area contributed by atoms with Crippen LogP contribution in [0.25, 0.3) is 0 Å². The minimum Gasteiger partial charge on any atom is -0.354 e. The number of hydrogen-bond acceptors (Lipinski definition) is 3. The Bertz CT molecular complexity index is 361. The first kappa shape index (κ1) is 14.5. The maximum absolute atomic E-state index is 11.5. The second kappa shape index (κ2) is 7.68. The average molecular weight is 252 g/mol. The van der Waals surface area contributed by atoms with Crippen molar-refractivity contribution in [3.05, 3.63) is 35.4 Å². The van der Waals surface area contributed by atoms with E-state index in [0.29, 0.717) is 13.1 Å². The van der Waals surface area contributed by atoms with Gasteiger partial charge in [-0.15, -0.1) is 0 Å². The Labute approximate surface area is 107 Å². The highest BCUT2D eigenvalue weighted by Crippen LogP contribution is 2.02. The summed E-state index contributed by atoms with van der Waals surface area (Å²) in [5, 5.41) is 5.43. The van der Waals surface area contributed by atoms with Gasteiger partial charge in [0.15, 0.2) is 6.29 Å². The summed E-state index contributed by atoms with van der Waals surface area (Å²) in [6.45, 7) is 2.84. The van der Waals surface area contributed by atoms with Crippen LogP contribution >= 0.6 is 0 Å². The SMILES string of the molecule is COC(CNC(=O)NCc1ccc(C)cc1)OC. The second-order valence-corrected chi connectivity index (χ2v) is 3.95. The van der Waals surface area contributed by atoms with Crippen LogP contribution in [0.4, 0.5) is 4.79 Å². The fraction of sp³-hybridized carbons (Fsp3) is 0.462. The lowest BCUT2D eigenvalue weighted by Crippen LogP contribution is -2.40. The van der Waals surface area contributed by atoms with Gasteiger partial charge in [-0.2, -0.15) is 0 Å². The standard InChI is InChI=1S/C13H20N2O3/c1-10-4-6-11(7-5-10)8-14-13(16)15-9-12(17-2)18-3/h4-7,12H,8-9H2,1-3H3,(H2,14,15,16). The van der Waals surface area contributed by atoms with Gasteiger partial charge in [-0.05, 0) is 12.5 Å². The van der Waals surface area contributed by atoms with Crippen molar-refractivity contribution < 1.29 is 14.3 Å². The Balaban J connectivity index is 2.26. The third-order valence-corrected chi connectivity index (χ3v) is 2.53. The van der Waals surface area contributed by atoms with Crippen LogP contribution in [-0.2, 0) is 16.0 Å². The largest absolute Gasteiger partial charge is 0.354 e. The zero-order valence-electron chi connectivity index (χ0n) is 11.0. The van der Waals surface area contributed by atoms with E-state index in [-0.39, 0.29) is 6.03 Å². The van der Waals surface area contributed by atoms with Crippen molar-refractivity contribution in [1.29, 1.82) is 0 Å². The zero-order valence-corrected chi connectivity index (χ0v) is 11.0. The van der Waals surface area contributed by atoms with E-state index in [2.05, 4.69) is 10.6 Å². The highest BCUT2D eigenvalue weighted by Gasteiger charge is 2.07. The van der Waals surface area contributed by atoms with Gasteiger partial charge in [0.1, 0.15) is 0 Å². The molecule has 0 fully saturated rings. The van der Waals surface area contributed by atoms with Crippen LogP contribution in [0.5, 0.6) is 0 Å². The first-order valence-electron chi connectivity index (χ1n) is 5.78. The quantitative estimate of drug-likeness (QED) is 0.753. The first-order valence-corrected chi connectivity index (χ1v) is 5.78.